The molecule has 20 heavy (non-hydrogen) atoms. The smallest absolute Gasteiger partial charge is 0.263 e. The summed E-state index contributed by atoms with van der Waals surface area (Å²) in [4.78, 5) is 15.9. The number of carbonyl (C=O) groups excluding carboxylic acids is 1. The van der Waals surface area contributed by atoms with Crippen molar-refractivity contribution in [2.75, 3.05) is 11.9 Å². The van der Waals surface area contributed by atoms with Crippen molar-refractivity contribution in [2.24, 2.45) is 0 Å². The summed E-state index contributed by atoms with van der Waals surface area (Å²) in [6.07, 6.45) is 0. The lowest BCUT2D eigenvalue weighted by atomic mass is 10.3. The molecule has 0 atom stereocenters. The van der Waals surface area contributed by atoms with Crippen molar-refractivity contribution in [1.29, 1.82) is 0 Å². The van der Waals surface area contributed by atoms with E-state index in [9.17, 15) is 4.79 Å². The lowest BCUT2D eigenvalue weighted by molar-refractivity contribution is -0.118. The van der Waals surface area contributed by atoms with Crippen LogP contribution in [0.4, 0.5) is 5.82 Å². The van der Waals surface area contributed by atoms with Crippen molar-refractivity contribution in [2.45, 2.75) is 6.92 Å². The van der Waals surface area contributed by atoms with E-state index in [2.05, 4.69) is 26.2 Å². The zero-order valence-corrected chi connectivity index (χ0v) is 13.0. The van der Waals surface area contributed by atoms with Crippen molar-refractivity contribution in [1.82, 2.24) is 4.98 Å². The number of aryl methyl sites for hydroxylation is 1. The van der Waals surface area contributed by atoms with E-state index in [0.717, 1.165) is 5.69 Å². The summed E-state index contributed by atoms with van der Waals surface area (Å²) < 4.78 is 6.11. The highest BCUT2D eigenvalue weighted by Gasteiger charge is 2.07. The number of benzene rings is 1. The fourth-order valence-corrected chi connectivity index (χ4v) is 2.32. The number of halogens is 2. The molecule has 0 aliphatic heterocycles. The molecular formula is C14H12BrClN2O2. The average Bonchev–Trinajstić information content (AvgIpc) is 2.37. The lowest BCUT2D eigenvalue weighted by Gasteiger charge is -2.09. The molecule has 6 heteroatoms. The molecule has 104 valence electrons. The van der Waals surface area contributed by atoms with Gasteiger partial charge in [0.2, 0.25) is 0 Å². The third-order valence-electron chi connectivity index (χ3n) is 2.41. The zero-order valence-electron chi connectivity index (χ0n) is 10.7. The molecule has 1 aromatic carbocycles. The molecule has 0 radical (unpaired) electrons. The van der Waals surface area contributed by atoms with Crippen molar-refractivity contribution in [3.63, 3.8) is 0 Å². The van der Waals surface area contributed by atoms with Gasteiger partial charge in [-0.05, 0) is 53.2 Å². The molecular weight excluding hydrogens is 344 g/mol. The Bertz CT molecular complexity index is 634. The third kappa shape index (κ3) is 4.21. The largest absolute Gasteiger partial charge is 0.483 e. The maximum absolute atomic E-state index is 11.8. The number of amides is 1. The maximum Gasteiger partial charge on any atom is 0.263 e. The van der Waals surface area contributed by atoms with Crippen molar-refractivity contribution >= 4 is 39.3 Å². The standard InChI is InChI=1S/C14H12BrClN2O2/c1-9-3-2-4-13(17-9)18-14(19)8-20-12-6-5-10(16)7-11(12)15/h2-7H,8H2,1H3,(H,17,18,19). The van der Waals surface area contributed by atoms with Crippen LogP contribution in [0.25, 0.3) is 0 Å². The van der Waals surface area contributed by atoms with Crippen LogP contribution in [0.1, 0.15) is 5.69 Å². The first-order valence-electron chi connectivity index (χ1n) is 5.86. The predicted molar refractivity (Wildman–Crippen MR) is 82.3 cm³/mol. The van der Waals surface area contributed by atoms with Crippen LogP contribution in [0, 0.1) is 6.92 Å². The average molecular weight is 356 g/mol. The first kappa shape index (κ1) is 14.8. The number of aromatic nitrogens is 1. The first-order valence-corrected chi connectivity index (χ1v) is 7.03. The number of ether oxygens (including phenoxy) is 1. The number of hydrogen-bond acceptors (Lipinski definition) is 3. The zero-order chi connectivity index (χ0) is 14.5. The van der Waals surface area contributed by atoms with Crippen LogP contribution in [-0.4, -0.2) is 17.5 Å². The van der Waals surface area contributed by atoms with Crippen molar-refractivity contribution in [3.8, 4) is 5.75 Å². The van der Waals surface area contributed by atoms with Gasteiger partial charge in [0, 0.05) is 10.7 Å². The molecule has 1 heterocycles. The molecule has 1 N–H and O–H groups in total. The Hall–Kier alpha value is -1.59. The van der Waals surface area contributed by atoms with Crippen LogP contribution in [0.15, 0.2) is 40.9 Å². The molecule has 0 spiro atoms. The van der Waals surface area contributed by atoms with Gasteiger partial charge in [0.05, 0.1) is 4.47 Å². The minimum absolute atomic E-state index is 0.101. The molecule has 2 aromatic rings. The van der Waals surface area contributed by atoms with Gasteiger partial charge in [-0.15, -0.1) is 0 Å². The molecule has 0 unspecified atom stereocenters. The van der Waals surface area contributed by atoms with Gasteiger partial charge in [0.25, 0.3) is 5.91 Å². The molecule has 0 saturated heterocycles. The molecule has 0 aliphatic rings. The second-order valence-electron chi connectivity index (χ2n) is 4.08. The predicted octanol–water partition coefficient (Wildman–Crippen LogP) is 3.82. The summed E-state index contributed by atoms with van der Waals surface area (Å²) in [5.74, 6) is 0.792. The first-order chi connectivity index (χ1) is 9.54. The van der Waals surface area contributed by atoms with Gasteiger partial charge >= 0.3 is 0 Å². The highest BCUT2D eigenvalue weighted by atomic mass is 79.9. The van der Waals surface area contributed by atoms with Crippen molar-refractivity contribution < 1.29 is 9.53 Å². The van der Waals surface area contributed by atoms with Crippen LogP contribution in [-0.2, 0) is 4.79 Å². The fraction of sp³-hybridized carbons (Fsp3) is 0.143. The van der Waals surface area contributed by atoms with Gasteiger partial charge in [-0.1, -0.05) is 17.7 Å². The molecule has 1 aromatic heterocycles. The Kier molecular flexibility index (Phi) is 4.98. The summed E-state index contributed by atoms with van der Waals surface area (Å²) in [5.41, 5.74) is 0.837. The van der Waals surface area contributed by atoms with Gasteiger partial charge in [0.1, 0.15) is 11.6 Å². The van der Waals surface area contributed by atoms with Gasteiger partial charge in [-0.2, -0.15) is 0 Å². The normalized spacial score (nSPS) is 10.2. The van der Waals surface area contributed by atoms with Gasteiger partial charge in [-0.25, -0.2) is 4.98 Å². The molecule has 0 saturated carbocycles. The van der Waals surface area contributed by atoms with Gasteiger partial charge < -0.3 is 10.1 Å². The number of anilines is 1. The Morgan fingerprint density at radius 1 is 1.40 bits per heavy atom. The fourth-order valence-electron chi connectivity index (χ4n) is 1.53. The quantitative estimate of drug-likeness (QED) is 0.907. The van der Waals surface area contributed by atoms with Crippen LogP contribution in [0.2, 0.25) is 5.02 Å². The number of hydrogen-bond donors (Lipinski definition) is 1. The molecule has 0 bridgehead atoms. The summed E-state index contributed by atoms with van der Waals surface area (Å²) in [6, 6.07) is 10.5. The molecule has 1 amide bonds. The van der Waals surface area contributed by atoms with E-state index in [1.807, 2.05) is 19.1 Å². The van der Waals surface area contributed by atoms with E-state index in [1.165, 1.54) is 0 Å². The van der Waals surface area contributed by atoms with E-state index in [1.54, 1.807) is 24.3 Å². The van der Waals surface area contributed by atoms with Gasteiger partial charge in [0.15, 0.2) is 6.61 Å². The Morgan fingerprint density at radius 3 is 2.90 bits per heavy atom. The molecule has 0 aliphatic carbocycles. The third-order valence-corrected chi connectivity index (χ3v) is 3.26. The second kappa shape index (κ2) is 6.72. The number of nitrogens with one attached hydrogen (secondary N) is 1. The monoisotopic (exact) mass is 354 g/mol. The lowest BCUT2D eigenvalue weighted by Crippen LogP contribution is -2.21. The minimum Gasteiger partial charge on any atom is -0.483 e. The number of carbonyl (C=O) groups is 1. The van der Waals surface area contributed by atoms with E-state index < -0.39 is 0 Å². The molecule has 2 rings (SSSR count). The summed E-state index contributed by atoms with van der Waals surface area (Å²) >= 11 is 9.15. The van der Waals surface area contributed by atoms with Crippen LogP contribution in [0.5, 0.6) is 5.75 Å². The van der Waals surface area contributed by atoms with Crippen LogP contribution >= 0.6 is 27.5 Å². The SMILES string of the molecule is Cc1cccc(NC(=O)COc2ccc(Cl)cc2Br)n1. The Balaban J connectivity index is 1.92. The highest BCUT2D eigenvalue weighted by molar-refractivity contribution is 9.10. The van der Waals surface area contributed by atoms with E-state index >= 15 is 0 Å². The van der Waals surface area contributed by atoms with Crippen LogP contribution < -0.4 is 10.1 Å². The number of nitrogens with zero attached hydrogens (tertiary/aromatic N) is 1. The summed E-state index contributed by atoms with van der Waals surface area (Å²) in [7, 11) is 0. The van der Waals surface area contributed by atoms with Crippen LogP contribution in [0.3, 0.4) is 0 Å². The minimum atomic E-state index is -0.273. The molecule has 4 nitrogen and oxygen atoms in total. The Morgan fingerprint density at radius 2 is 2.20 bits per heavy atom. The summed E-state index contributed by atoms with van der Waals surface area (Å²) in [5, 5.41) is 3.26. The second-order valence-corrected chi connectivity index (χ2v) is 5.37. The van der Waals surface area contributed by atoms with Crippen molar-refractivity contribution in [3.05, 3.63) is 51.6 Å². The number of rotatable bonds is 4. The van der Waals surface area contributed by atoms with E-state index in [0.29, 0.717) is 21.1 Å². The van der Waals surface area contributed by atoms with E-state index in [-0.39, 0.29) is 12.5 Å². The highest BCUT2D eigenvalue weighted by Crippen LogP contribution is 2.27. The number of pyridine rings is 1. The topological polar surface area (TPSA) is 51.2 Å². The molecule has 0 fully saturated rings. The summed E-state index contributed by atoms with van der Waals surface area (Å²) in [6.45, 7) is 1.76. The van der Waals surface area contributed by atoms with Gasteiger partial charge in [-0.3, -0.25) is 4.79 Å². The van der Waals surface area contributed by atoms with E-state index in [4.69, 9.17) is 16.3 Å². The maximum atomic E-state index is 11.8. The Labute approximate surface area is 130 Å².